The van der Waals surface area contributed by atoms with Gasteiger partial charge in [-0.15, -0.1) is 11.8 Å². The van der Waals surface area contributed by atoms with Crippen LogP contribution in [-0.4, -0.2) is 50.0 Å². The molecular formula is C25H27N5O2S2. The molecule has 7 nitrogen and oxygen atoms in total. The molecule has 1 aromatic heterocycles. The summed E-state index contributed by atoms with van der Waals surface area (Å²) in [5.74, 6) is 0.641. The number of hydrogen-bond donors (Lipinski definition) is 0. The van der Waals surface area contributed by atoms with Crippen molar-refractivity contribution < 1.29 is 8.42 Å². The average Bonchev–Trinajstić information content (AvgIpc) is 2.83. The zero-order valence-electron chi connectivity index (χ0n) is 19.5. The van der Waals surface area contributed by atoms with Crippen LogP contribution in [0.5, 0.6) is 0 Å². The van der Waals surface area contributed by atoms with Crippen molar-refractivity contribution in [3.8, 4) is 17.2 Å². The normalized spacial score (nSPS) is 14.6. The Balaban J connectivity index is 1.41. The number of rotatable bonds is 6. The maximum absolute atomic E-state index is 12.1. The van der Waals surface area contributed by atoms with Crippen molar-refractivity contribution in [3.05, 3.63) is 66.0 Å². The topological polar surface area (TPSA) is 90.2 Å². The van der Waals surface area contributed by atoms with Crippen molar-refractivity contribution in [2.24, 2.45) is 0 Å². The minimum atomic E-state index is -3.34. The first kappa shape index (κ1) is 24.0. The highest BCUT2D eigenvalue weighted by Crippen LogP contribution is 2.35. The molecule has 0 radical (unpaired) electrons. The first-order valence-electron chi connectivity index (χ1n) is 11.1. The molecule has 0 unspecified atom stereocenters. The molecule has 4 rings (SSSR count). The second-order valence-electron chi connectivity index (χ2n) is 8.38. The van der Waals surface area contributed by atoms with Crippen LogP contribution in [0.3, 0.4) is 0 Å². The van der Waals surface area contributed by atoms with E-state index in [0.29, 0.717) is 22.6 Å². The van der Waals surface area contributed by atoms with Gasteiger partial charge in [0.15, 0.2) is 0 Å². The molecule has 0 bridgehead atoms. The van der Waals surface area contributed by atoms with Gasteiger partial charge in [-0.05, 0) is 49.6 Å². The summed E-state index contributed by atoms with van der Waals surface area (Å²) < 4.78 is 25.4. The second-order valence-corrected chi connectivity index (χ2v) is 11.8. The van der Waals surface area contributed by atoms with Crippen molar-refractivity contribution in [3.63, 3.8) is 0 Å². The Morgan fingerprint density at radius 1 is 1.09 bits per heavy atom. The third kappa shape index (κ3) is 5.51. The molecule has 9 heteroatoms. The van der Waals surface area contributed by atoms with Gasteiger partial charge >= 0.3 is 0 Å². The van der Waals surface area contributed by atoms with Gasteiger partial charge in [0, 0.05) is 41.5 Å². The number of para-hydroxylation sites is 1. The Hall–Kier alpha value is -3.09. The third-order valence-electron chi connectivity index (χ3n) is 5.89. The van der Waals surface area contributed by atoms with E-state index < -0.39 is 10.0 Å². The molecule has 3 aromatic rings. The zero-order valence-corrected chi connectivity index (χ0v) is 21.1. The lowest BCUT2D eigenvalue weighted by atomic mass is 10.0. The molecule has 34 heavy (non-hydrogen) atoms. The maximum atomic E-state index is 12.1. The van der Waals surface area contributed by atoms with Crippen molar-refractivity contribution >= 4 is 33.4 Å². The van der Waals surface area contributed by atoms with Gasteiger partial charge in [0.25, 0.3) is 0 Å². The quantitative estimate of drug-likeness (QED) is 0.500. The fraction of sp³-hybridized carbons (Fsp3) is 0.320. The van der Waals surface area contributed by atoms with E-state index in [0.717, 1.165) is 42.8 Å². The van der Waals surface area contributed by atoms with E-state index >= 15 is 0 Å². The summed E-state index contributed by atoms with van der Waals surface area (Å²) in [5.41, 5.74) is 3.74. The van der Waals surface area contributed by atoms with Gasteiger partial charge in [-0.3, -0.25) is 4.31 Å². The predicted molar refractivity (Wildman–Crippen MR) is 138 cm³/mol. The standard InChI is InChI=1S/C25H27N5O2S2/c1-18-16-20(17-26)28-25(27-18)30-14-12-22(13-15-30)33-21-10-8-19(9-11-21)23-6-4-5-7-24(23)29(2)34(3,31)32/h4-11,16,22H,12-15H2,1-3H3. The van der Waals surface area contributed by atoms with Crippen molar-refractivity contribution in [2.75, 3.05) is 35.6 Å². The van der Waals surface area contributed by atoms with Crippen LogP contribution in [0.1, 0.15) is 24.2 Å². The second kappa shape index (κ2) is 10.0. The lowest BCUT2D eigenvalue weighted by Crippen LogP contribution is -2.36. The van der Waals surface area contributed by atoms with E-state index in [9.17, 15) is 8.42 Å². The van der Waals surface area contributed by atoms with Crippen molar-refractivity contribution in [1.29, 1.82) is 5.26 Å². The fourth-order valence-electron chi connectivity index (χ4n) is 4.00. The van der Waals surface area contributed by atoms with Gasteiger partial charge in [0.1, 0.15) is 11.8 Å². The maximum Gasteiger partial charge on any atom is 0.232 e. The van der Waals surface area contributed by atoms with E-state index in [1.807, 2.05) is 43.0 Å². The molecule has 1 saturated heterocycles. The highest BCUT2D eigenvalue weighted by atomic mass is 32.2. The number of piperidine rings is 1. The molecule has 0 atom stereocenters. The Bertz CT molecular complexity index is 1310. The van der Waals surface area contributed by atoms with Crippen LogP contribution < -0.4 is 9.21 Å². The smallest absolute Gasteiger partial charge is 0.232 e. The number of aromatic nitrogens is 2. The van der Waals surface area contributed by atoms with Crippen LogP contribution >= 0.6 is 11.8 Å². The summed E-state index contributed by atoms with van der Waals surface area (Å²) in [5, 5.41) is 9.66. The summed E-state index contributed by atoms with van der Waals surface area (Å²) in [7, 11) is -1.77. The Kier molecular flexibility index (Phi) is 7.10. The molecule has 2 heterocycles. The van der Waals surface area contributed by atoms with E-state index in [-0.39, 0.29) is 0 Å². The lowest BCUT2D eigenvalue weighted by Gasteiger charge is -2.31. The summed E-state index contributed by atoms with van der Waals surface area (Å²) in [6.45, 7) is 3.60. The Labute approximate surface area is 205 Å². The minimum Gasteiger partial charge on any atom is -0.341 e. The third-order valence-corrected chi connectivity index (χ3v) is 8.43. The van der Waals surface area contributed by atoms with Gasteiger partial charge in [0.2, 0.25) is 16.0 Å². The molecule has 2 aromatic carbocycles. The fourth-order valence-corrected chi connectivity index (χ4v) is 5.64. The number of anilines is 2. The number of sulfonamides is 1. The van der Waals surface area contributed by atoms with Gasteiger partial charge in [-0.2, -0.15) is 5.26 Å². The highest BCUT2D eigenvalue weighted by molar-refractivity contribution is 8.00. The number of thioether (sulfide) groups is 1. The SMILES string of the molecule is Cc1cc(C#N)nc(N2CCC(Sc3ccc(-c4ccccc4N(C)S(C)(=O)=O)cc3)CC2)n1. The largest absolute Gasteiger partial charge is 0.341 e. The summed E-state index contributed by atoms with van der Waals surface area (Å²) in [6.07, 6.45) is 3.23. The first-order valence-corrected chi connectivity index (χ1v) is 13.8. The molecule has 1 aliphatic rings. The summed E-state index contributed by atoms with van der Waals surface area (Å²) in [4.78, 5) is 12.2. The van der Waals surface area contributed by atoms with E-state index in [1.54, 1.807) is 13.1 Å². The van der Waals surface area contributed by atoms with Crippen LogP contribution in [0, 0.1) is 18.3 Å². The predicted octanol–water partition coefficient (Wildman–Crippen LogP) is 4.48. The van der Waals surface area contributed by atoms with E-state index in [4.69, 9.17) is 5.26 Å². The molecule has 0 amide bonds. The first-order chi connectivity index (χ1) is 16.2. The highest BCUT2D eigenvalue weighted by Gasteiger charge is 2.23. The Morgan fingerprint density at radius 3 is 2.41 bits per heavy atom. The van der Waals surface area contributed by atoms with Crippen LogP contribution in [0.4, 0.5) is 11.6 Å². The van der Waals surface area contributed by atoms with Crippen LogP contribution in [0.15, 0.2) is 59.5 Å². The summed E-state index contributed by atoms with van der Waals surface area (Å²) in [6, 6.07) is 19.7. The van der Waals surface area contributed by atoms with Crippen LogP contribution in [0.25, 0.3) is 11.1 Å². The lowest BCUT2D eigenvalue weighted by molar-refractivity contribution is 0.580. The van der Waals surface area contributed by atoms with Gasteiger partial charge < -0.3 is 4.90 Å². The molecule has 1 aliphatic heterocycles. The molecular weight excluding hydrogens is 466 g/mol. The molecule has 1 fully saturated rings. The van der Waals surface area contributed by atoms with Crippen molar-refractivity contribution in [1.82, 2.24) is 9.97 Å². The number of benzene rings is 2. The number of nitrogens with zero attached hydrogens (tertiary/aromatic N) is 5. The van der Waals surface area contributed by atoms with E-state index in [2.05, 4.69) is 45.2 Å². The zero-order chi connectivity index (χ0) is 24.3. The monoisotopic (exact) mass is 493 g/mol. The van der Waals surface area contributed by atoms with Gasteiger partial charge in [-0.1, -0.05) is 30.3 Å². The molecule has 0 spiro atoms. The van der Waals surface area contributed by atoms with Gasteiger partial charge in [-0.25, -0.2) is 18.4 Å². The number of hydrogen-bond acceptors (Lipinski definition) is 7. The minimum absolute atomic E-state index is 0.406. The van der Waals surface area contributed by atoms with Crippen LogP contribution in [0.2, 0.25) is 0 Å². The van der Waals surface area contributed by atoms with E-state index in [1.165, 1.54) is 15.5 Å². The Morgan fingerprint density at radius 2 is 1.76 bits per heavy atom. The number of nitriles is 1. The average molecular weight is 494 g/mol. The van der Waals surface area contributed by atoms with Crippen molar-refractivity contribution in [2.45, 2.75) is 29.9 Å². The van der Waals surface area contributed by atoms with Gasteiger partial charge in [0.05, 0.1) is 11.9 Å². The molecule has 0 saturated carbocycles. The molecule has 0 N–H and O–H groups in total. The molecule has 0 aliphatic carbocycles. The molecule has 176 valence electrons. The number of aryl methyl sites for hydroxylation is 1. The van der Waals surface area contributed by atoms with Crippen LogP contribution in [-0.2, 0) is 10.0 Å². The summed E-state index contributed by atoms with van der Waals surface area (Å²) >= 11 is 1.87.